The normalized spacial score (nSPS) is 18.2. The first kappa shape index (κ1) is 16.4. The number of ether oxygens (including phenoxy) is 3. The minimum absolute atomic E-state index is 0.0949. The number of hydrogen-bond donors (Lipinski definition) is 0. The summed E-state index contributed by atoms with van der Waals surface area (Å²) in [7, 11) is 1.35. The van der Waals surface area contributed by atoms with Gasteiger partial charge in [-0.2, -0.15) is 0 Å². The molecule has 0 N–H and O–H groups in total. The Hall–Kier alpha value is -2.01. The van der Waals surface area contributed by atoms with E-state index in [2.05, 4.69) is 0 Å². The highest BCUT2D eigenvalue weighted by Crippen LogP contribution is 2.35. The molecule has 1 aliphatic heterocycles. The van der Waals surface area contributed by atoms with Crippen molar-refractivity contribution >= 4 is 23.4 Å². The van der Waals surface area contributed by atoms with Crippen LogP contribution >= 0.6 is 11.6 Å². The van der Waals surface area contributed by atoms with Crippen LogP contribution in [-0.2, 0) is 23.8 Å². The third-order valence-electron chi connectivity index (χ3n) is 3.04. The average Bonchev–Trinajstić information content (AvgIpc) is 2.76. The van der Waals surface area contributed by atoms with E-state index in [9.17, 15) is 9.59 Å². The number of hydrogen-bond acceptors (Lipinski definition) is 5. The van der Waals surface area contributed by atoms with Gasteiger partial charge in [0.25, 0.3) is 11.5 Å². The van der Waals surface area contributed by atoms with Crippen molar-refractivity contribution in [2.24, 2.45) is 5.41 Å². The highest BCUT2D eigenvalue weighted by atomic mass is 35.5. The highest BCUT2D eigenvalue weighted by Gasteiger charge is 2.41. The zero-order chi connectivity index (χ0) is 16.5. The van der Waals surface area contributed by atoms with E-state index >= 15 is 0 Å². The van der Waals surface area contributed by atoms with Crippen LogP contribution in [-0.4, -0.2) is 18.9 Å². The Morgan fingerprint density at radius 3 is 2.32 bits per heavy atom. The molecule has 118 valence electrons. The van der Waals surface area contributed by atoms with E-state index < -0.39 is 23.3 Å². The third kappa shape index (κ3) is 3.25. The molecule has 0 fully saturated rings. The molecule has 0 radical (unpaired) electrons. The summed E-state index contributed by atoms with van der Waals surface area (Å²) in [5.41, 5.74) is -0.143. The minimum Gasteiger partial charge on any atom is -0.466 e. The first-order valence-corrected chi connectivity index (χ1v) is 7.08. The van der Waals surface area contributed by atoms with E-state index in [1.165, 1.54) is 7.11 Å². The summed E-state index contributed by atoms with van der Waals surface area (Å²) in [6.07, 6.45) is -0.907. The van der Waals surface area contributed by atoms with E-state index in [0.717, 1.165) is 0 Å². The molecular weight excluding hydrogens is 308 g/mol. The van der Waals surface area contributed by atoms with Crippen LogP contribution in [0.5, 0.6) is 0 Å². The van der Waals surface area contributed by atoms with Crippen molar-refractivity contribution in [2.75, 3.05) is 7.11 Å². The SMILES string of the molecule is COC1=C(OC(=O)C(C)(C)C)C(=O)[C@@H](c2ccc(Cl)cc2)O1. The van der Waals surface area contributed by atoms with Crippen LogP contribution < -0.4 is 0 Å². The molecule has 1 heterocycles. The quantitative estimate of drug-likeness (QED) is 0.798. The predicted octanol–water partition coefficient (Wildman–Crippen LogP) is 3.39. The molecule has 0 saturated carbocycles. The Bertz CT molecular complexity index is 625. The number of benzene rings is 1. The van der Waals surface area contributed by atoms with Crippen LogP contribution in [0.1, 0.15) is 32.4 Å². The Morgan fingerprint density at radius 1 is 1.23 bits per heavy atom. The van der Waals surface area contributed by atoms with Gasteiger partial charge in [0.15, 0.2) is 6.10 Å². The monoisotopic (exact) mass is 324 g/mol. The van der Waals surface area contributed by atoms with Crippen molar-refractivity contribution in [1.29, 1.82) is 0 Å². The molecule has 1 aliphatic rings. The van der Waals surface area contributed by atoms with Crippen LogP contribution in [0.25, 0.3) is 0 Å². The van der Waals surface area contributed by atoms with Gasteiger partial charge in [0.05, 0.1) is 12.5 Å². The zero-order valence-corrected chi connectivity index (χ0v) is 13.6. The number of rotatable bonds is 3. The Morgan fingerprint density at radius 2 is 1.82 bits per heavy atom. The molecule has 0 saturated heterocycles. The Labute approximate surface area is 133 Å². The second-order valence-corrected chi connectivity index (χ2v) is 6.31. The molecule has 2 rings (SSSR count). The molecule has 0 aliphatic carbocycles. The molecule has 6 heteroatoms. The molecule has 0 amide bonds. The fourth-order valence-electron chi connectivity index (χ4n) is 1.77. The van der Waals surface area contributed by atoms with Gasteiger partial charge in [-0.15, -0.1) is 0 Å². The standard InChI is InChI=1S/C16H17ClO5/c1-16(2,3)15(19)22-13-11(18)12(21-14(13)20-4)9-5-7-10(17)8-6-9/h5-8,12H,1-4H3/t12-/m1/s1. The average molecular weight is 325 g/mol. The lowest BCUT2D eigenvalue weighted by Crippen LogP contribution is -2.25. The summed E-state index contributed by atoms with van der Waals surface area (Å²) in [5.74, 6) is -1.30. The fraction of sp³-hybridized carbons (Fsp3) is 0.375. The predicted molar refractivity (Wildman–Crippen MR) is 79.9 cm³/mol. The molecule has 5 nitrogen and oxygen atoms in total. The molecule has 1 atom stereocenters. The smallest absolute Gasteiger partial charge is 0.329 e. The molecule has 0 bridgehead atoms. The van der Waals surface area contributed by atoms with Crippen molar-refractivity contribution < 1.29 is 23.8 Å². The van der Waals surface area contributed by atoms with Gasteiger partial charge in [0.2, 0.25) is 0 Å². The number of halogens is 1. The van der Waals surface area contributed by atoms with Crippen molar-refractivity contribution in [1.82, 2.24) is 0 Å². The van der Waals surface area contributed by atoms with Gasteiger partial charge in [-0.1, -0.05) is 23.7 Å². The second-order valence-electron chi connectivity index (χ2n) is 5.87. The molecule has 22 heavy (non-hydrogen) atoms. The molecule has 0 spiro atoms. The first-order valence-electron chi connectivity index (χ1n) is 6.71. The number of carbonyl (C=O) groups is 2. The van der Waals surface area contributed by atoms with Gasteiger partial charge in [-0.05, 0) is 32.9 Å². The van der Waals surface area contributed by atoms with Crippen molar-refractivity contribution in [2.45, 2.75) is 26.9 Å². The Balaban J connectivity index is 2.25. The summed E-state index contributed by atoms with van der Waals surface area (Å²) >= 11 is 5.83. The summed E-state index contributed by atoms with van der Waals surface area (Å²) in [4.78, 5) is 24.4. The molecule has 1 aromatic carbocycles. The van der Waals surface area contributed by atoms with E-state index in [4.69, 9.17) is 25.8 Å². The highest BCUT2D eigenvalue weighted by molar-refractivity contribution is 6.30. The van der Waals surface area contributed by atoms with Gasteiger partial charge >= 0.3 is 11.9 Å². The lowest BCUT2D eigenvalue weighted by Gasteiger charge is -2.15. The lowest BCUT2D eigenvalue weighted by molar-refractivity contribution is -0.150. The Kier molecular flexibility index (Phi) is 4.47. The summed E-state index contributed by atoms with van der Waals surface area (Å²) in [5, 5.41) is 0.550. The topological polar surface area (TPSA) is 61.8 Å². The minimum atomic E-state index is -0.907. The van der Waals surface area contributed by atoms with Gasteiger partial charge in [-0.25, -0.2) is 0 Å². The molecular formula is C16H17ClO5. The van der Waals surface area contributed by atoms with Gasteiger partial charge < -0.3 is 14.2 Å². The summed E-state index contributed by atoms with van der Waals surface area (Å²) < 4.78 is 15.7. The number of methoxy groups -OCH3 is 1. The molecule has 0 aromatic heterocycles. The van der Waals surface area contributed by atoms with Crippen LogP contribution in [0.3, 0.4) is 0 Å². The van der Waals surface area contributed by atoms with Crippen LogP contribution in [0.2, 0.25) is 5.02 Å². The second kappa shape index (κ2) is 6.01. The maximum atomic E-state index is 12.4. The van der Waals surface area contributed by atoms with Crippen molar-refractivity contribution in [3.63, 3.8) is 0 Å². The van der Waals surface area contributed by atoms with Gasteiger partial charge in [0, 0.05) is 10.6 Å². The zero-order valence-electron chi connectivity index (χ0n) is 12.8. The van der Waals surface area contributed by atoms with E-state index in [1.54, 1.807) is 45.0 Å². The van der Waals surface area contributed by atoms with E-state index in [0.29, 0.717) is 10.6 Å². The number of esters is 1. The van der Waals surface area contributed by atoms with Crippen molar-refractivity contribution in [3.05, 3.63) is 46.6 Å². The third-order valence-corrected chi connectivity index (χ3v) is 3.29. The van der Waals surface area contributed by atoms with E-state index in [1.807, 2.05) is 0 Å². The first-order chi connectivity index (χ1) is 10.2. The summed E-state index contributed by atoms with van der Waals surface area (Å²) in [6, 6.07) is 6.65. The maximum Gasteiger partial charge on any atom is 0.329 e. The number of ketones is 1. The van der Waals surface area contributed by atoms with Crippen molar-refractivity contribution in [3.8, 4) is 0 Å². The summed E-state index contributed by atoms with van der Waals surface area (Å²) in [6.45, 7) is 5.08. The maximum absolute atomic E-state index is 12.4. The van der Waals surface area contributed by atoms with Gasteiger partial charge in [0.1, 0.15) is 0 Å². The number of carbonyl (C=O) groups excluding carboxylic acids is 2. The van der Waals surface area contributed by atoms with Gasteiger partial charge in [-0.3, -0.25) is 9.59 Å². The largest absolute Gasteiger partial charge is 0.466 e. The van der Waals surface area contributed by atoms with Crippen LogP contribution in [0.4, 0.5) is 0 Å². The molecule has 0 unspecified atom stereocenters. The number of Topliss-reactive ketones (excluding diaryl/α,β-unsaturated/α-hetero) is 1. The molecule has 1 aromatic rings. The fourth-order valence-corrected chi connectivity index (χ4v) is 1.90. The van der Waals surface area contributed by atoms with Crippen LogP contribution in [0.15, 0.2) is 36.0 Å². The van der Waals surface area contributed by atoms with E-state index in [-0.39, 0.29) is 11.7 Å². The lowest BCUT2D eigenvalue weighted by atomic mass is 9.97. The van der Waals surface area contributed by atoms with Crippen LogP contribution in [0, 0.1) is 5.41 Å².